The Bertz CT molecular complexity index is 52.0. The van der Waals surface area contributed by atoms with Crippen molar-refractivity contribution in [1.29, 1.82) is 0 Å². The van der Waals surface area contributed by atoms with Gasteiger partial charge in [0, 0.05) is 5.75 Å². The van der Waals surface area contributed by atoms with Crippen molar-refractivity contribution in [1.82, 2.24) is 0 Å². The van der Waals surface area contributed by atoms with E-state index < -0.39 is 0 Å². The third kappa shape index (κ3) is 6.05. The van der Waals surface area contributed by atoms with Crippen molar-refractivity contribution < 1.29 is 5.11 Å². The van der Waals surface area contributed by atoms with Crippen molar-refractivity contribution >= 4 is 11.8 Å². The topological polar surface area (TPSA) is 20.2 Å². The average molecular weight is 118 g/mol. The highest BCUT2D eigenvalue weighted by Crippen LogP contribution is 2.04. The van der Waals surface area contributed by atoms with E-state index in [1.165, 1.54) is 11.8 Å². The Morgan fingerprint density at radius 3 is 2.71 bits per heavy atom. The molecule has 2 heteroatoms. The first-order valence-corrected chi connectivity index (χ1v) is 3.23. The monoisotopic (exact) mass is 118 g/mol. The van der Waals surface area contributed by atoms with Crippen LogP contribution in [0.5, 0.6) is 0 Å². The maximum Gasteiger partial charge on any atom is 0.0967 e. The van der Waals surface area contributed by atoms with Crippen LogP contribution in [-0.2, 0) is 0 Å². The smallest absolute Gasteiger partial charge is 0.0967 e. The molecule has 7 heavy (non-hydrogen) atoms. The van der Waals surface area contributed by atoms with Crippen LogP contribution in [-0.4, -0.2) is 16.3 Å². The summed E-state index contributed by atoms with van der Waals surface area (Å²) in [5, 5.41) is 8.60. The average Bonchev–Trinajstić information content (AvgIpc) is 1.61. The van der Waals surface area contributed by atoms with E-state index >= 15 is 0 Å². The highest BCUT2D eigenvalue weighted by Gasteiger charge is 1.88. The predicted molar refractivity (Wildman–Crippen MR) is 34.3 cm³/mol. The van der Waals surface area contributed by atoms with Crippen LogP contribution in [0.3, 0.4) is 0 Å². The number of thioether (sulfide) groups is 1. The molecule has 0 saturated heterocycles. The molecule has 0 aliphatic heterocycles. The zero-order chi connectivity index (χ0) is 5.70. The number of hydrogen-bond donors (Lipinski definition) is 1. The van der Waals surface area contributed by atoms with Gasteiger partial charge >= 0.3 is 0 Å². The molecule has 0 amide bonds. The highest BCUT2D eigenvalue weighted by atomic mass is 32.2. The predicted octanol–water partition coefficient (Wildman–Crippen LogP) is 1.24. The molecule has 0 spiro atoms. The van der Waals surface area contributed by atoms with Crippen molar-refractivity contribution in [3.63, 3.8) is 0 Å². The van der Waals surface area contributed by atoms with Gasteiger partial charge in [-0.25, -0.2) is 0 Å². The van der Waals surface area contributed by atoms with E-state index in [0.29, 0.717) is 0 Å². The minimum atomic E-state index is -0.252. The van der Waals surface area contributed by atoms with E-state index in [4.69, 9.17) is 5.11 Å². The highest BCUT2D eigenvalue weighted by molar-refractivity contribution is 7.99. The molecule has 0 aromatic heterocycles. The summed E-state index contributed by atoms with van der Waals surface area (Å²) < 4.78 is 0. The number of aliphatic hydroxyl groups excluding tert-OH is 1. The van der Waals surface area contributed by atoms with Crippen LogP contribution in [0.4, 0.5) is 0 Å². The maximum absolute atomic E-state index is 8.60. The molecule has 0 aromatic carbocycles. The Hall–Kier alpha value is 0.0500. The zero-order valence-corrected chi connectivity index (χ0v) is 5.24. The lowest BCUT2D eigenvalue weighted by atomic mass is 10.8. The van der Waals surface area contributed by atoms with Gasteiger partial charge in [0.2, 0.25) is 0 Å². The molecule has 1 nitrogen and oxygen atoms in total. The van der Waals surface area contributed by atoms with Gasteiger partial charge in [0.05, 0.1) is 5.44 Å². The first kappa shape index (κ1) is 7.05. The second-order valence-electron chi connectivity index (χ2n) is 1.22. The Morgan fingerprint density at radius 1 is 2.00 bits per heavy atom. The van der Waals surface area contributed by atoms with E-state index in [9.17, 15) is 0 Å². The molecule has 1 N–H and O–H groups in total. The molecule has 0 radical (unpaired) electrons. The minimum Gasteiger partial charge on any atom is -0.383 e. The summed E-state index contributed by atoms with van der Waals surface area (Å²) in [6, 6.07) is 0. The lowest BCUT2D eigenvalue weighted by Crippen LogP contribution is -1.90. The molecule has 0 heterocycles. The van der Waals surface area contributed by atoms with Gasteiger partial charge in [-0.05, 0) is 6.92 Å². The van der Waals surface area contributed by atoms with Gasteiger partial charge in [0.25, 0.3) is 0 Å². The van der Waals surface area contributed by atoms with Crippen molar-refractivity contribution in [2.24, 2.45) is 0 Å². The lowest BCUT2D eigenvalue weighted by Gasteiger charge is -1.96. The largest absolute Gasteiger partial charge is 0.383 e. The number of rotatable bonds is 3. The van der Waals surface area contributed by atoms with Gasteiger partial charge in [-0.3, -0.25) is 0 Å². The van der Waals surface area contributed by atoms with Gasteiger partial charge in [-0.1, -0.05) is 6.08 Å². The molecule has 0 aliphatic carbocycles. The summed E-state index contributed by atoms with van der Waals surface area (Å²) in [5.74, 6) is 0.831. The summed E-state index contributed by atoms with van der Waals surface area (Å²) in [4.78, 5) is 0. The molecule has 0 aliphatic rings. The van der Waals surface area contributed by atoms with Gasteiger partial charge in [-0.15, -0.1) is 18.3 Å². The molecule has 1 atom stereocenters. The zero-order valence-electron chi connectivity index (χ0n) is 4.42. The summed E-state index contributed by atoms with van der Waals surface area (Å²) in [6.07, 6.45) is 1.78. The minimum absolute atomic E-state index is 0.252. The summed E-state index contributed by atoms with van der Waals surface area (Å²) in [5.41, 5.74) is -0.252. The fraction of sp³-hybridized carbons (Fsp3) is 0.600. The van der Waals surface area contributed by atoms with E-state index in [1.807, 2.05) is 0 Å². The standard InChI is InChI=1S/C5H10OS/c1-3-4-7-5(2)6/h3,5-6H,1,4H2,2H3. The Labute approximate surface area is 48.4 Å². The molecule has 0 fully saturated rings. The van der Waals surface area contributed by atoms with Gasteiger partial charge in [-0.2, -0.15) is 0 Å². The molecule has 1 unspecified atom stereocenters. The van der Waals surface area contributed by atoms with Crippen molar-refractivity contribution in [3.05, 3.63) is 12.7 Å². The first-order valence-electron chi connectivity index (χ1n) is 2.18. The third-order valence-corrected chi connectivity index (χ3v) is 1.37. The molecular formula is C5H10OS. The second-order valence-corrected chi connectivity index (χ2v) is 2.57. The summed E-state index contributed by atoms with van der Waals surface area (Å²) >= 11 is 1.47. The van der Waals surface area contributed by atoms with Crippen molar-refractivity contribution in [3.8, 4) is 0 Å². The van der Waals surface area contributed by atoms with Crippen LogP contribution in [0.2, 0.25) is 0 Å². The normalized spacial score (nSPS) is 13.4. The van der Waals surface area contributed by atoms with Crippen LogP contribution < -0.4 is 0 Å². The molecule has 0 rings (SSSR count). The van der Waals surface area contributed by atoms with Crippen LogP contribution >= 0.6 is 11.8 Å². The van der Waals surface area contributed by atoms with Crippen LogP contribution in [0, 0.1) is 0 Å². The Kier molecular flexibility index (Phi) is 4.25. The van der Waals surface area contributed by atoms with Crippen molar-refractivity contribution in [2.45, 2.75) is 12.4 Å². The van der Waals surface area contributed by atoms with Gasteiger partial charge < -0.3 is 5.11 Å². The molecular weight excluding hydrogens is 108 g/mol. The third-order valence-electron chi connectivity index (χ3n) is 0.455. The summed E-state index contributed by atoms with van der Waals surface area (Å²) in [6.45, 7) is 5.24. The molecule has 0 saturated carbocycles. The van der Waals surface area contributed by atoms with Crippen LogP contribution in [0.1, 0.15) is 6.92 Å². The number of aliphatic hydroxyl groups is 1. The van der Waals surface area contributed by atoms with E-state index in [-0.39, 0.29) is 5.44 Å². The summed E-state index contributed by atoms with van der Waals surface area (Å²) in [7, 11) is 0. The Morgan fingerprint density at radius 2 is 2.57 bits per heavy atom. The number of hydrogen-bond acceptors (Lipinski definition) is 2. The van der Waals surface area contributed by atoms with Crippen LogP contribution in [0.15, 0.2) is 12.7 Å². The fourth-order valence-electron chi connectivity index (χ4n) is 0.207. The van der Waals surface area contributed by atoms with E-state index in [1.54, 1.807) is 13.0 Å². The SMILES string of the molecule is C=CCSC(C)O. The Balaban J connectivity index is 2.81. The molecule has 0 bridgehead atoms. The quantitative estimate of drug-likeness (QED) is 0.444. The van der Waals surface area contributed by atoms with E-state index in [2.05, 4.69) is 6.58 Å². The molecule has 0 aromatic rings. The second kappa shape index (κ2) is 4.22. The van der Waals surface area contributed by atoms with Crippen molar-refractivity contribution in [2.75, 3.05) is 5.75 Å². The maximum atomic E-state index is 8.60. The fourth-order valence-corrected chi connectivity index (χ4v) is 0.622. The molecule has 42 valence electrons. The first-order chi connectivity index (χ1) is 3.27. The van der Waals surface area contributed by atoms with E-state index in [0.717, 1.165) is 5.75 Å². The lowest BCUT2D eigenvalue weighted by molar-refractivity contribution is 0.284. The van der Waals surface area contributed by atoms with Gasteiger partial charge in [0.15, 0.2) is 0 Å². The van der Waals surface area contributed by atoms with Gasteiger partial charge in [0.1, 0.15) is 0 Å². The van der Waals surface area contributed by atoms with Crippen LogP contribution in [0.25, 0.3) is 0 Å².